The number of benzene rings is 1. The number of hydrogen-bond donors (Lipinski definition) is 1. The minimum Gasteiger partial charge on any atom is -0.493 e. The van der Waals surface area contributed by atoms with Crippen LogP contribution in [0.3, 0.4) is 0 Å². The molecule has 1 aromatic carbocycles. The normalized spacial score (nSPS) is 31.8. The molecule has 4 fully saturated rings. The molecule has 5 rings (SSSR count). The second-order valence-corrected chi connectivity index (χ2v) is 8.76. The van der Waals surface area contributed by atoms with Crippen LogP contribution in [0.2, 0.25) is 0 Å². The molecule has 0 radical (unpaired) electrons. The van der Waals surface area contributed by atoms with Crippen molar-refractivity contribution in [3.8, 4) is 11.5 Å². The Morgan fingerprint density at radius 2 is 1.81 bits per heavy atom. The molecule has 26 heavy (non-hydrogen) atoms. The largest absolute Gasteiger partial charge is 0.493 e. The van der Waals surface area contributed by atoms with Gasteiger partial charge in [0, 0.05) is 17.6 Å². The van der Waals surface area contributed by atoms with E-state index in [1.54, 1.807) is 7.11 Å². The van der Waals surface area contributed by atoms with Crippen molar-refractivity contribution >= 4 is 0 Å². The van der Waals surface area contributed by atoms with Gasteiger partial charge in [0.1, 0.15) is 0 Å². The molecule has 0 amide bonds. The molecule has 4 saturated carbocycles. The summed E-state index contributed by atoms with van der Waals surface area (Å²) in [5, 5.41) is 3.99. The number of hydrogen-bond acceptors (Lipinski definition) is 3. The summed E-state index contributed by atoms with van der Waals surface area (Å²) in [5.41, 5.74) is 2.85. The van der Waals surface area contributed by atoms with Gasteiger partial charge in [0.05, 0.1) is 13.7 Å². The smallest absolute Gasteiger partial charge is 0.164 e. The van der Waals surface area contributed by atoms with Gasteiger partial charge in [0.2, 0.25) is 0 Å². The van der Waals surface area contributed by atoms with Crippen molar-refractivity contribution in [1.29, 1.82) is 0 Å². The molecule has 1 N–H and O–H groups in total. The highest BCUT2D eigenvalue weighted by Crippen LogP contribution is 2.55. The summed E-state index contributed by atoms with van der Waals surface area (Å²) in [4.78, 5) is 0. The summed E-state index contributed by atoms with van der Waals surface area (Å²) in [5.74, 6) is 4.63. The Balaban J connectivity index is 1.53. The molecule has 1 aromatic rings. The molecule has 0 unspecified atom stereocenters. The zero-order chi connectivity index (χ0) is 18.1. The van der Waals surface area contributed by atoms with E-state index in [4.69, 9.17) is 9.47 Å². The summed E-state index contributed by atoms with van der Waals surface area (Å²) >= 11 is 0. The maximum atomic E-state index is 5.85. The molecule has 0 heterocycles. The van der Waals surface area contributed by atoms with E-state index in [9.17, 15) is 0 Å². The van der Waals surface area contributed by atoms with Gasteiger partial charge in [-0.25, -0.2) is 0 Å². The van der Waals surface area contributed by atoms with Gasteiger partial charge in [-0.1, -0.05) is 12.1 Å². The monoisotopic (exact) mass is 355 g/mol. The van der Waals surface area contributed by atoms with Crippen molar-refractivity contribution in [3.05, 3.63) is 35.9 Å². The molecule has 0 atom stereocenters. The lowest BCUT2D eigenvalue weighted by atomic mass is 9.53. The van der Waals surface area contributed by atoms with Crippen LogP contribution in [-0.4, -0.2) is 19.3 Å². The summed E-state index contributed by atoms with van der Waals surface area (Å²) < 4.78 is 11.5. The Labute approximate surface area is 158 Å². The first kappa shape index (κ1) is 17.9. The number of methoxy groups -OCH3 is 1. The minimum absolute atomic E-state index is 0.388. The lowest BCUT2D eigenvalue weighted by molar-refractivity contribution is -0.0206. The lowest BCUT2D eigenvalue weighted by Gasteiger charge is -2.57. The van der Waals surface area contributed by atoms with Crippen molar-refractivity contribution < 1.29 is 9.47 Å². The van der Waals surface area contributed by atoms with Crippen molar-refractivity contribution in [3.63, 3.8) is 0 Å². The van der Waals surface area contributed by atoms with Gasteiger partial charge in [0.25, 0.3) is 0 Å². The first-order valence-corrected chi connectivity index (χ1v) is 10.3. The number of allylic oxidation sites excluding steroid dienone is 1. The summed E-state index contributed by atoms with van der Waals surface area (Å²) in [6.45, 7) is 7.48. The van der Waals surface area contributed by atoms with Crippen LogP contribution < -0.4 is 14.8 Å². The van der Waals surface area contributed by atoms with Crippen molar-refractivity contribution in [2.75, 3.05) is 13.7 Å². The molecule has 4 bridgehead atoms. The van der Waals surface area contributed by atoms with E-state index in [1.165, 1.54) is 49.7 Å². The van der Waals surface area contributed by atoms with Crippen LogP contribution in [0, 0.1) is 17.8 Å². The zero-order valence-corrected chi connectivity index (χ0v) is 16.4. The van der Waals surface area contributed by atoms with Crippen LogP contribution >= 0.6 is 0 Å². The molecular weight excluding hydrogens is 322 g/mol. The quantitative estimate of drug-likeness (QED) is 0.674. The number of rotatable bonds is 8. The van der Waals surface area contributed by atoms with E-state index in [1.807, 2.05) is 13.0 Å². The molecule has 0 aromatic heterocycles. The first-order chi connectivity index (χ1) is 12.6. The van der Waals surface area contributed by atoms with E-state index >= 15 is 0 Å². The Morgan fingerprint density at radius 3 is 2.35 bits per heavy atom. The predicted molar refractivity (Wildman–Crippen MR) is 106 cm³/mol. The van der Waals surface area contributed by atoms with Gasteiger partial charge < -0.3 is 14.8 Å². The fourth-order valence-electron chi connectivity index (χ4n) is 6.21. The minimum atomic E-state index is 0.388. The molecular formula is C23H33NO2. The number of ether oxygens (including phenoxy) is 2. The van der Waals surface area contributed by atoms with E-state index in [0.717, 1.165) is 42.2 Å². The molecule has 3 heteroatoms. The van der Waals surface area contributed by atoms with Crippen LogP contribution in [0.5, 0.6) is 11.5 Å². The molecule has 0 spiro atoms. The van der Waals surface area contributed by atoms with E-state index in [-0.39, 0.29) is 0 Å². The molecule has 4 aliphatic rings. The Kier molecular flexibility index (Phi) is 5.00. The van der Waals surface area contributed by atoms with Gasteiger partial charge in [-0.3, -0.25) is 0 Å². The van der Waals surface area contributed by atoms with Crippen LogP contribution in [-0.2, 0) is 13.0 Å². The average molecular weight is 356 g/mol. The molecule has 142 valence electrons. The third-order valence-corrected chi connectivity index (χ3v) is 6.77. The van der Waals surface area contributed by atoms with Gasteiger partial charge in [-0.05, 0) is 81.3 Å². The zero-order valence-electron chi connectivity index (χ0n) is 16.4. The molecule has 4 aliphatic carbocycles. The first-order valence-electron chi connectivity index (χ1n) is 10.3. The van der Waals surface area contributed by atoms with Crippen molar-refractivity contribution in [2.24, 2.45) is 17.8 Å². The second kappa shape index (κ2) is 7.26. The summed E-state index contributed by atoms with van der Waals surface area (Å²) in [7, 11) is 1.73. The van der Waals surface area contributed by atoms with Crippen LogP contribution in [0.25, 0.3) is 0 Å². The van der Waals surface area contributed by atoms with Gasteiger partial charge in [0.15, 0.2) is 11.5 Å². The van der Waals surface area contributed by atoms with Gasteiger partial charge in [-0.15, -0.1) is 6.58 Å². The summed E-state index contributed by atoms with van der Waals surface area (Å²) in [6.07, 6.45) is 11.3. The van der Waals surface area contributed by atoms with Crippen LogP contribution in [0.15, 0.2) is 24.8 Å². The van der Waals surface area contributed by atoms with Gasteiger partial charge >= 0.3 is 0 Å². The lowest BCUT2D eigenvalue weighted by Crippen LogP contribution is -2.58. The van der Waals surface area contributed by atoms with Crippen molar-refractivity contribution in [2.45, 2.75) is 64.0 Å². The highest BCUT2D eigenvalue weighted by Gasteiger charge is 2.50. The maximum Gasteiger partial charge on any atom is 0.164 e. The average Bonchev–Trinajstić information content (AvgIpc) is 2.61. The molecule has 0 saturated heterocycles. The Bertz CT molecular complexity index is 631. The predicted octanol–water partition coefficient (Wildman–Crippen LogP) is 4.88. The van der Waals surface area contributed by atoms with E-state index in [0.29, 0.717) is 12.1 Å². The third kappa shape index (κ3) is 3.38. The third-order valence-electron chi connectivity index (χ3n) is 6.77. The van der Waals surface area contributed by atoms with E-state index in [2.05, 4.69) is 24.0 Å². The Morgan fingerprint density at radius 1 is 1.15 bits per heavy atom. The fraction of sp³-hybridized carbons (Fsp3) is 0.652. The topological polar surface area (TPSA) is 30.5 Å². The van der Waals surface area contributed by atoms with Crippen LogP contribution in [0.4, 0.5) is 0 Å². The second-order valence-electron chi connectivity index (χ2n) is 8.76. The fourth-order valence-corrected chi connectivity index (χ4v) is 6.21. The highest BCUT2D eigenvalue weighted by molar-refractivity contribution is 5.50. The Hall–Kier alpha value is -1.48. The maximum absolute atomic E-state index is 5.85. The van der Waals surface area contributed by atoms with Crippen molar-refractivity contribution in [1.82, 2.24) is 5.32 Å². The standard InChI is InChI=1S/C23H33NO2/c1-4-6-20-10-19(11-21(25-3)22(20)26-5-2)15-24-23-12-16-7-17(13-23)9-18(8-16)14-23/h4,10-11,16-18,24H,1,5-9,12-15H2,2-3H3. The van der Waals surface area contributed by atoms with Gasteiger partial charge in [-0.2, -0.15) is 0 Å². The van der Waals surface area contributed by atoms with Crippen LogP contribution in [0.1, 0.15) is 56.6 Å². The SMILES string of the molecule is C=CCc1cc(CNC23CC4CC(CC(C4)C2)C3)cc(OC)c1OCC. The highest BCUT2D eigenvalue weighted by atomic mass is 16.5. The number of nitrogens with one attached hydrogen (secondary N) is 1. The molecule has 3 nitrogen and oxygen atoms in total. The summed E-state index contributed by atoms with van der Waals surface area (Å²) in [6, 6.07) is 4.41. The molecule has 0 aliphatic heterocycles. The van der Waals surface area contributed by atoms with E-state index < -0.39 is 0 Å².